The molecule has 2 fully saturated rings. The van der Waals surface area contributed by atoms with Crippen molar-refractivity contribution in [3.63, 3.8) is 0 Å². The number of halogens is 1. The van der Waals surface area contributed by atoms with Gasteiger partial charge in [0.05, 0.1) is 36.3 Å². The zero-order valence-electron chi connectivity index (χ0n) is 21.8. The van der Waals surface area contributed by atoms with Crippen molar-refractivity contribution in [1.29, 1.82) is 0 Å². The van der Waals surface area contributed by atoms with E-state index in [0.717, 1.165) is 51.2 Å². The third-order valence-corrected chi connectivity index (χ3v) is 9.58. The Morgan fingerprint density at radius 3 is 2.75 bits per heavy atom. The van der Waals surface area contributed by atoms with E-state index in [1.54, 1.807) is 24.5 Å². The van der Waals surface area contributed by atoms with Crippen LogP contribution in [-0.4, -0.2) is 62.9 Å². The summed E-state index contributed by atoms with van der Waals surface area (Å²) in [4.78, 5) is 42.1. The van der Waals surface area contributed by atoms with Gasteiger partial charge in [0.15, 0.2) is 5.56 Å². The first kappa shape index (κ1) is 27.0. The van der Waals surface area contributed by atoms with Crippen LogP contribution in [0.2, 0.25) is 5.02 Å². The Kier molecular flexibility index (Phi) is 7.43. The lowest BCUT2D eigenvalue weighted by Gasteiger charge is -2.41. The van der Waals surface area contributed by atoms with Gasteiger partial charge in [-0.15, -0.1) is 0 Å². The van der Waals surface area contributed by atoms with E-state index in [2.05, 4.69) is 25.2 Å². The van der Waals surface area contributed by atoms with E-state index in [-0.39, 0.29) is 16.5 Å². The highest BCUT2D eigenvalue weighted by Crippen LogP contribution is 2.40. The number of carbonyl (C=O) groups is 1. The Hall–Kier alpha value is -3.19. The lowest BCUT2D eigenvalue weighted by Crippen LogP contribution is -2.49. The second kappa shape index (κ2) is 11.0. The summed E-state index contributed by atoms with van der Waals surface area (Å²) < 4.78 is 7.07. The summed E-state index contributed by atoms with van der Waals surface area (Å²) in [5.41, 5.74) is 5.72. The standard InChI is InChI=1S/C27H30ClN7O4S/c28-23-16(32-24(36)22-25(37)33-19-6-1-2-9-35(19)26(22)38)4-3-5-17(23)40-21-13-30-20(12-31-21)34-10-7-27(8-11-34)15-39-14-18(27)29/h3-5,12-13,18,37H,1-2,6-11,14-15,29H2,(H,32,36)/t18-/m1/s1. The Morgan fingerprint density at radius 1 is 1.20 bits per heavy atom. The van der Waals surface area contributed by atoms with Crippen LogP contribution in [0, 0.1) is 5.41 Å². The van der Waals surface area contributed by atoms with Crippen LogP contribution in [0.4, 0.5) is 11.5 Å². The molecule has 3 aliphatic heterocycles. The largest absolute Gasteiger partial charge is 0.493 e. The van der Waals surface area contributed by atoms with Gasteiger partial charge < -0.3 is 25.8 Å². The monoisotopic (exact) mass is 583 g/mol. The maximum atomic E-state index is 13.0. The van der Waals surface area contributed by atoms with Crippen LogP contribution >= 0.6 is 23.4 Å². The molecule has 6 rings (SSSR count). The smallest absolute Gasteiger partial charge is 0.270 e. The number of ether oxygens (including phenoxy) is 1. The first-order valence-electron chi connectivity index (χ1n) is 13.4. The molecule has 11 nitrogen and oxygen atoms in total. The van der Waals surface area contributed by atoms with Crippen LogP contribution in [0.3, 0.4) is 0 Å². The van der Waals surface area contributed by atoms with Gasteiger partial charge in [0.1, 0.15) is 16.7 Å². The van der Waals surface area contributed by atoms with Gasteiger partial charge in [-0.1, -0.05) is 29.4 Å². The molecule has 0 aliphatic carbocycles. The van der Waals surface area contributed by atoms with Crippen LogP contribution in [0.1, 0.15) is 41.9 Å². The van der Waals surface area contributed by atoms with Gasteiger partial charge in [-0.25, -0.2) is 9.97 Å². The van der Waals surface area contributed by atoms with Crippen molar-refractivity contribution in [1.82, 2.24) is 19.5 Å². The lowest BCUT2D eigenvalue weighted by atomic mass is 9.75. The second-order valence-corrected chi connectivity index (χ2v) is 11.9. The molecule has 1 amide bonds. The highest BCUT2D eigenvalue weighted by molar-refractivity contribution is 7.99. The molecular formula is C27H30ClN7O4S. The summed E-state index contributed by atoms with van der Waals surface area (Å²) in [6, 6.07) is 5.27. The van der Waals surface area contributed by atoms with E-state index < -0.39 is 22.9 Å². The zero-order chi connectivity index (χ0) is 27.9. The molecule has 2 aromatic heterocycles. The molecule has 3 aromatic rings. The number of aromatic nitrogens is 4. The number of fused-ring (bicyclic) bond motifs is 1. The highest BCUT2D eigenvalue weighted by Gasteiger charge is 2.44. The van der Waals surface area contributed by atoms with Gasteiger partial charge >= 0.3 is 0 Å². The van der Waals surface area contributed by atoms with Crippen molar-refractivity contribution >= 4 is 40.8 Å². The fourth-order valence-corrected chi connectivity index (χ4v) is 6.71. The first-order chi connectivity index (χ1) is 19.3. The molecule has 5 heterocycles. The zero-order valence-corrected chi connectivity index (χ0v) is 23.4. The minimum absolute atomic E-state index is 0.0696. The molecule has 210 valence electrons. The molecule has 0 radical (unpaired) electrons. The average Bonchev–Trinajstić information content (AvgIpc) is 3.30. The SMILES string of the molecule is N[C@@H]1COCC12CCN(c1cnc(Sc3cccc(NC(=O)c4c(O)nc5n(c4=O)CCCC5)c3Cl)cn1)CC2. The number of amides is 1. The molecule has 0 unspecified atom stereocenters. The van der Waals surface area contributed by atoms with E-state index in [4.69, 9.17) is 22.1 Å². The minimum atomic E-state index is -0.766. The van der Waals surface area contributed by atoms with Gasteiger partial charge in [0.25, 0.3) is 11.5 Å². The summed E-state index contributed by atoms with van der Waals surface area (Å²) in [5.74, 6) is -0.0392. The molecule has 1 atom stereocenters. The number of nitrogens with one attached hydrogen (secondary N) is 1. The van der Waals surface area contributed by atoms with Gasteiger partial charge in [-0.2, -0.15) is 4.98 Å². The Balaban J connectivity index is 1.13. The van der Waals surface area contributed by atoms with E-state index in [0.29, 0.717) is 41.0 Å². The van der Waals surface area contributed by atoms with Crippen molar-refractivity contribution < 1.29 is 14.6 Å². The normalized spacial score (nSPS) is 19.9. The summed E-state index contributed by atoms with van der Waals surface area (Å²) in [6.45, 7) is 3.53. The maximum Gasteiger partial charge on any atom is 0.270 e. The number of rotatable bonds is 5. The van der Waals surface area contributed by atoms with Crippen LogP contribution in [-0.2, 0) is 17.7 Å². The van der Waals surface area contributed by atoms with E-state index in [1.165, 1.54) is 16.3 Å². The number of nitrogens with two attached hydrogens (primary N) is 1. The number of nitrogens with zero attached hydrogens (tertiary/aromatic N) is 5. The van der Waals surface area contributed by atoms with E-state index in [1.807, 2.05) is 6.07 Å². The van der Waals surface area contributed by atoms with E-state index in [9.17, 15) is 14.7 Å². The number of carbonyl (C=O) groups excluding carboxylic acids is 1. The summed E-state index contributed by atoms with van der Waals surface area (Å²) in [5, 5.41) is 13.9. The number of piperidine rings is 1. The average molecular weight is 584 g/mol. The van der Waals surface area contributed by atoms with Crippen LogP contribution < -0.4 is 21.5 Å². The predicted octanol–water partition coefficient (Wildman–Crippen LogP) is 3.08. The number of aryl methyl sites for hydroxylation is 1. The highest BCUT2D eigenvalue weighted by atomic mass is 35.5. The van der Waals surface area contributed by atoms with Crippen molar-refractivity contribution in [2.24, 2.45) is 11.1 Å². The molecule has 4 N–H and O–H groups in total. The Morgan fingerprint density at radius 2 is 2.02 bits per heavy atom. The van der Waals surface area contributed by atoms with Gasteiger partial charge in [0, 0.05) is 42.4 Å². The molecule has 0 saturated carbocycles. The quantitative estimate of drug-likeness (QED) is 0.409. The maximum absolute atomic E-state index is 13.0. The van der Waals surface area contributed by atoms with E-state index >= 15 is 0 Å². The van der Waals surface area contributed by atoms with Crippen LogP contribution in [0.15, 0.2) is 45.3 Å². The minimum Gasteiger partial charge on any atom is -0.493 e. The molecule has 40 heavy (non-hydrogen) atoms. The van der Waals surface area contributed by atoms with Crippen molar-refractivity contribution in [2.75, 3.05) is 36.5 Å². The predicted molar refractivity (Wildman–Crippen MR) is 151 cm³/mol. The summed E-state index contributed by atoms with van der Waals surface area (Å²) >= 11 is 7.95. The molecule has 2 saturated heterocycles. The third kappa shape index (κ3) is 5.05. The molecule has 1 spiro atoms. The topological polar surface area (TPSA) is 148 Å². The lowest BCUT2D eigenvalue weighted by molar-refractivity contribution is 0.102. The van der Waals surface area contributed by atoms with Crippen molar-refractivity contribution in [2.45, 2.75) is 54.6 Å². The molecule has 0 bridgehead atoms. The molecular weight excluding hydrogens is 554 g/mol. The third-order valence-electron chi connectivity index (χ3n) is 8.09. The number of benzene rings is 1. The Bertz CT molecular complexity index is 1490. The molecule has 13 heteroatoms. The van der Waals surface area contributed by atoms with Crippen LogP contribution in [0.5, 0.6) is 5.88 Å². The molecule has 3 aliphatic rings. The first-order valence-corrected chi connectivity index (χ1v) is 14.5. The fraction of sp³-hybridized carbons (Fsp3) is 0.444. The second-order valence-electron chi connectivity index (χ2n) is 10.5. The molecule has 1 aromatic carbocycles. The number of hydrogen-bond acceptors (Lipinski definition) is 10. The number of aromatic hydroxyl groups is 1. The number of anilines is 2. The Labute approximate surface area is 240 Å². The van der Waals surface area contributed by atoms with Gasteiger partial charge in [-0.3, -0.25) is 14.2 Å². The number of hydrogen-bond donors (Lipinski definition) is 3. The van der Waals surface area contributed by atoms with Gasteiger partial charge in [-0.05, 0) is 37.8 Å². The van der Waals surface area contributed by atoms with Crippen molar-refractivity contribution in [3.8, 4) is 5.88 Å². The summed E-state index contributed by atoms with van der Waals surface area (Å²) in [6.07, 6.45) is 7.67. The van der Waals surface area contributed by atoms with Crippen molar-refractivity contribution in [3.05, 3.63) is 57.4 Å². The summed E-state index contributed by atoms with van der Waals surface area (Å²) in [7, 11) is 0. The van der Waals surface area contributed by atoms with Crippen LogP contribution in [0.25, 0.3) is 0 Å². The van der Waals surface area contributed by atoms with Gasteiger partial charge in [0.2, 0.25) is 5.88 Å². The fourth-order valence-electron chi connectivity index (χ4n) is 5.64.